The molecule has 0 spiro atoms. The number of nitrogens with one attached hydrogen (secondary N) is 3. The van der Waals surface area contributed by atoms with E-state index in [-0.39, 0.29) is 17.6 Å². The second-order valence-electron chi connectivity index (χ2n) is 8.91. The van der Waals surface area contributed by atoms with Crippen LogP contribution in [0.15, 0.2) is 85.1 Å². The van der Waals surface area contributed by atoms with E-state index in [0.717, 1.165) is 40.2 Å². The lowest BCUT2D eigenvalue weighted by molar-refractivity contribution is -0.137. The molecule has 0 saturated heterocycles. The molecular weight excluding hydrogens is 479 g/mol. The second-order valence-corrected chi connectivity index (χ2v) is 8.91. The Hall–Kier alpha value is -4.66. The molecule has 6 nitrogen and oxygen atoms in total. The minimum Gasteiger partial charge on any atom is -0.365 e. The number of hydrogen-bond donors (Lipinski definition) is 3. The van der Waals surface area contributed by atoms with Crippen LogP contribution in [-0.4, -0.2) is 26.1 Å². The van der Waals surface area contributed by atoms with Crippen molar-refractivity contribution in [1.29, 1.82) is 0 Å². The zero-order valence-electron chi connectivity index (χ0n) is 19.3. The average Bonchev–Trinajstić information content (AvgIpc) is 3.65. The average molecular weight is 499 g/mol. The van der Waals surface area contributed by atoms with Gasteiger partial charge in [0.25, 0.3) is 0 Å². The van der Waals surface area contributed by atoms with E-state index in [0.29, 0.717) is 23.4 Å². The van der Waals surface area contributed by atoms with Crippen LogP contribution in [0.25, 0.3) is 33.9 Å². The van der Waals surface area contributed by atoms with Crippen LogP contribution in [0, 0.1) is 0 Å². The molecule has 0 aliphatic carbocycles. The molecule has 1 atom stereocenters. The zero-order valence-corrected chi connectivity index (χ0v) is 19.3. The van der Waals surface area contributed by atoms with Crippen LogP contribution in [0.2, 0.25) is 0 Å². The van der Waals surface area contributed by atoms with Gasteiger partial charge >= 0.3 is 6.18 Å². The van der Waals surface area contributed by atoms with E-state index in [2.05, 4.69) is 25.5 Å². The normalized spacial score (nSPS) is 15.0. The Morgan fingerprint density at radius 2 is 1.62 bits per heavy atom. The molecule has 0 radical (unpaired) electrons. The van der Waals surface area contributed by atoms with Crippen LogP contribution < -0.4 is 5.32 Å². The number of nitrogens with zero attached hydrogens (tertiary/aromatic N) is 2. The summed E-state index contributed by atoms with van der Waals surface area (Å²) in [5.41, 5.74) is 4.81. The summed E-state index contributed by atoms with van der Waals surface area (Å²) in [4.78, 5) is 20.2. The van der Waals surface area contributed by atoms with Crippen molar-refractivity contribution in [3.8, 4) is 33.9 Å². The summed E-state index contributed by atoms with van der Waals surface area (Å²) in [5, 5.41) is 9.96. The Balaban J connectivity index is 1.27. The van der Waals surface area contributed by atoms with Crippen LogP contribution in [-0.2, 0) is 17.4 Å². The first kappa shape index (κ1) is 22.8. The van der Waals surface area contributed by atoms with Gasteiger partial charge in [-0.25, -0.2) is 4.98 Å². The Labute approximate surface area is 209 Å². The number of aromatic amines is 2. The van der Waals surface area contributed by atoms with Crippen molar-refractivity contribution in [1.82, 2.24) is 20.2 Å². The quantitative estimate of drug-likeness (QED) is 0.260. The SMILES string of the molecule is O=C1Nc2cc(-c3cccc(-c4n[nH]c(-c5cccc(C(F)(F)F)c5)n4)c3)ccc2C1Cc1ccc[nH]1. The number of aromatic nitrogens is 4. The predicted octanol–water partition coefficient (Wildman–Crippen LogP) is 6.43. The van der Waals surface area contributed by atoms with Gasteiger partial charge in [-0.05, 0) is 53.1 Å². The van der Waals surface area contributed by atoms with Crippen molar-refractivity contribution >= 4 is 11.6 Å². The molecule has 1 aliphatic rings. The molecule has 9 heteroatoms. The molecule has 2 aromatic heterocycles. The van der Waals surface area contributed by atoms with Gasteiger partial charge in [-0.1, -0.05) is 42.5 Å². The van der Waals surface area contributed by atoms with Crippen LogP contribution >= 0.6 is 0 Å². The van der Waals surface area contributed by atoms with E-state index in [4.69, 9.17) is 0 Å². The summed E-state index contributed by atoms with van der Waals surface area (Å²) < 4.78 is 39.3. The molecule has 3 N–H and O–H groups in total. The van der Waals surface area contributed by atoms with Crippen molar-refractivity contribution in [2.24, 2.45) is 0 Å². The summed E-state index contributed by atoms with van der Waals surface area (Å²) in [6.07, 6.45) is -2.00. The molecule has 1 amide bonds. The van der Waals surface area contributed by atoms with Crippen LogP contribution in [0.3, 0.4) is 0 Å². The summed E-state index contributed by atoms with van der Waals surface area (Å²) in [7, 11) is 0. The van der Waals surface area contributed by atoms with E-state index in [1.807, 2.05) is 60.8 Å². The van der Waals surface area contributed by atoms with E-state index in [1.165, 1.54) is 6.07 Å². The van der Waals surface area contributed by atoms with E-state index >= 15 is 0 Å². The lowest BCUT2D eigenvalue weighted by atomic mass is 9.93. The fourth-order valence-electron chi connectivity index (χ4n) is 4.63. The Bertz CT molecular complexity index is 1600. The van der Waals surface area contributed by atoms with E-state index in [1.54, 1.807) is 6.07 Å². The molecule has 5 aromatic rings. The molecule has 184 valence electrons. The largest absolute Gasteiger partial charge is 0.416 e. The molecule has 1 unspecified atom stereocenters. The standard InChI is InChI=1S/C28H20F3N5O/c29-28(30,31)20-7-2-6-19(13-20)26-34-25(35-36-26)18-5-1-4-16(12-18)17-9-10-22-23(15-21-8-3-11-32-21)27(37)33-24(22)14-17/h1-14,23,32H,15H2,(H,33,37)(H,34,35,36). The number of H-pyrrole nitrogens is 2. The van der Waals surface area contributed by atoms with Crippen molar-refractivity contribution < 1.29 is 18.0 Å². The van der Waals surface area contributed by atoms with Crippen LogP contribution in [0.1, 0.15) is 22.7 Å². The lowest BCUT2D eigenvalue weighted by Crippen LogP contribution is -2.14. The van der Waals surface area contributed by atoms with Crippen molar-refractivity contribution in [2.75, 3.05) is 5.32 Å². The maximum Gasteiger partial charge on any atom is 0.416 e. The van der Waals surface area contributed by atoms with Gasteiger partial charge in [0.2, 0.25) is 5.91 Å². The molecule has 0 bridgehead atoms. The number of carbonyl (C=O) groups is 1. The highest BCUT2D eigenvalue weighted by atomic mass is 19.4. The van der Waals surface area contributed by atoms with E-state index in [9.17, 15) is 18.0 Å². The van der Waals surface area contributed by atoms with E-state index < -0.39 is 11.7 Å². The summed E-state index contributed by atoms with van der Waals surface area (Å²) >= 11 is 0. The molecule has 3 heterocycles. The smallest absolute Gasteiger partial charge is 0.365 e. The number of carbonyl (C=O) groups excluding carboxylic acids is 1. The number of amides is 1. The van der Waals surface area contributed by atoms with Crippen LogP contribution in [0.4, 0.5) is 18.9 Å². The summed E-state index contributed by atoms with van der Waals surface area (Å²) in [6, 6.07) is 22.3. The second kappa shape index (κ2) is 8.77. The highest BCUT2D eigenvalue weighted by molar-refractivity contribution is 6.03. The number of benzene rings is 3. The van der Waals surface area contributed by atoms with Gasteiger partial charge < -0.3 is 10.3 Å². The molecule has 3 aromatic carbocycles. The minimum absolute atomic E-state index is 0.0293. The third kappa shape index (κ3) is 4.40. The maximum absolute atomic E-state index is 13.1. The number of hydrogen-bond acceptors (Lipinski definition) is 3. The first-order valence-electron chi connectivity index (χ1n) is 11.6. The van der Waals surface area contributed by atoms with Gasteiger partial charge in [0.15, 0.2) is 11.6 Å². The number of alkyl halides is 3. The Morgan fingerprint density at radius 1 is 0.838 bits per heavy atom. The molecule has 37 heavy (non-hydrogen) atoms. The third-order valence-electron chi connectivity index (χ3n) is 6.49. The van der Waals surface area contributed by atoms with Crippen molar-refractivity contribution in [2.45, 2.75) is 18.5 Å². The molecule has 1 aliphatic heterocycles. The lowest BCUT2D eigenvalue weighted by Gasteiger charge is -2.09. The molecule has 0 saturated carbocycles. The third-order valence-corrected chi connectivity index (χ3v) is 6.49. The fraction of sp³-hybridized carbons (Fsp3) is 0.107. The summed E-state index contributed by atoms with van der Waals surface area (Å²) in [5.74, 6) is 0.337. The van der Waals surface area contributed by atoms with Crippen LogP contribution in [0.5, 0.6) is 0 Å². The number of anilines is 1. The van der Waals surface area contributed by atoms with Crippen molar-refractivity contribution in [3.63, 3.8) is 0 Å². The Kier molecular flexibility index (Phi) is 5.40. The monoisotopic (exact) mass is 499 g/mol. The summed E-state index contributed by atoms with van der Waals surface area (Å²) in [6.45, 7) is 0. The fourth-order valence-corrected chi connectivity index (χ4v) is 4.63. The van der Waals surface area contributed by atoms with Gasteiger partial charge in [-0.3, -0.25) is 9.89 Å². The highest BCUT2D eigenvalue weighted by Gasteiger charge is 2.32. The first-order chi connectivity index (χ1) is 17.8. The molecule has 0 fully saturated rings. The predicted molar refractivity (Wildman–Crippen MR) is 134 cm³/mol. The highest BCUT2D eigenvalue weighted by Crippen LogP contribution is 2.38. The number of fused-ring (bicyclic) bond motifs is 1. The van der Waals surface area contributed by atoms with Gasteiger partial charge in [-0.2, -0.15) is 18.3 Å². The molecule has 6 rings (SSSR count). The number of rotatable bonds is 5. The Morgan fingerprint density at radius 3 is 2.43 bits per heavy atom. The molecular formula is C28H20F3N5O. The topological polar surface area (TPSA) is 86.5 Å². The van der Waals surface area contributed by atoms with Gasteiger partial charge in [-0.15, -0.1) is 0 Å². The zero-order chi connectivity index (χ0) is 25.6. The maximum atomic E-state index is 13.1. The first-order valence-corrected chi connectivity index (χ1v) is 11.6. The van der Waals surface area contributed by atoms with Gasteiger partial charge in [0.1, 0.15) is 0 Å². The van der Waals surface area contributed by atoms with Gasteiger partial charge in [0.05, 0.1) is 11.5 Å². The van der Waals surface area contributed by atoms with Gasteiger partial charge in [0, 0.05) is 35.1 Å². The number of halogens is 3. The van der Waals surface area contributed by atoms with Crippen molar-refractivity contribution in [3.05, 3.63) is 102 Å². The minimum atomic E-state index is -4.44.